The first-order valence-electron chi connectivity index (χ1n) is 7.15. The fraction of sp³-hybridized carbons (Fsp3) is 0.263. The van der Waals surface area contributed by atoms with Crippen molar-refractivity contribution < 1.29 is 5.11 Å². The molecule has 0 aliphatic rings. The molecule has 0 saturated heterocycles. The minimum absolute atomic E-state index is 0.294. The smallest absolute Gasteiger partial charge is 0.115 e. The van der Waals surface area contributed by atoms with E-state index in [0.717, 1.165) is 18.4 Å². The fourth-order valence-electron chi connectivity index (χ4n) is 2.30. The van der Waals surface area contributed by atoms with Crippen molar-refractivity contribution in [2.24, 2.45) is 0 Å². The SMILES string of the molecule is C=C/C=C(CC)/C(=C(/C=C/C)CC)c1ccc(O)cc1. The number of phenolic OH excluding ortho intramolecular Hbond substituents is 1. The Bertz CT molecular complexity index is 527. The van der Waals surface area contributed by atoms with Crippen molar-refractivity contribution in [2.75, 3.05) is 0 Å². The molecule has 106 valence electrons. The van der Waals surface area contributed by atoms with Crippen LogP contribution in [0.15, 0.2) is 66.3 Å². The highest BCUT2D eigenvalue weighted by Gasteiger charge is 2.10. The summed E-state index contributed by atoms with van der Waals surface area (Å²) >= 11 is 0. The Morgan fingerprint density at radius 2 is 1.80 bits per heavy atom. The van der Waals surface area contributed by atoms with Crippen LogP contribution < -0.4 is 0 Å². The van der Waals surface area contributed by atoms with Gasteiger partial charge >= 0.3 is 0 Å². The standard InChI is InChI=1S/C19H24O/c1-5-9-15(7-3)19(16(8-4)10-6-2)17-11-13-18(20)14-12-17/h5-6,9-14,20H,1,7-8H2,2-4H3/b10-6+,15-9+,19-16-. The third-order valence-corrected chi connectivity index (χ3v) is 3.25. The average Bonchev–Trinajstić information content (AvgIpc) is 2.47. The summed E-state index contributed by atoms with van der Waals surface area (Å²) in [6.45, 7) is 10.2. The van der Waals surface area contributed by atoms with E-state index in [4.69, 9.17) is 0 Å². The normalized spacial score (nSPS) is 13.4. The summed E-state index contributed by atoms with van der Waals surface area (Å²) in [7, 11) is 0. The van der Waals surface area contributed by atoms with E-state index in [2.05, 4.69) is 38.7 Å². The van der Waals surface area contributed by atoms with Gasteiger partial charge in [-0.25, -0.2) is 0 Å². The van der Waals surface area contributed by atoms with E-state index in [1.54, 1.807) is 12.1 Å². The molecule has 0 unspecified atom stereocenters. The molecule has 1 aromatic carbocycles. The van der Waals surface area contributed by atoms with Crippen molar-refractivity contribution in [3.05, 3.63) is 71.9 Å². The molecule has 0 heterocycles. The predicted octanol–water partition coefficient (Wildman–Crippen LogP) is 5.65. The Kier molecular flexibility index (Phi) is 6.58. The quantitative estimate of drug-likeness (QED) is 0.660. The zero-order valence-corrected chi connectivity index (χ0v) is 12.7. The predicted molar refractivity (Wildman–Crippen MR) is 88.7 cm³/mol. The summed E-state index contributed by atoms with van der Waals surface area (Å²) in [4.78, 5) is 0. The number of hydrogen-bond donors (Lipinski definition) is 1. The highest BCUT2D eigenvalue weighted by Crippen LogP contribution is 2.32. The van der Waals surface area contributed by atoms with E-state index in [-0.39, 0.29) is 0 Å². The summed E-state index contributed by atoms with van der Waals surface area (Å²) in [5.41, 5.74) is 4.94. The molecule has 20 heavy (non-hydrogen) atoms. The molecule has 0 saturated carbocycles. The summed E-state index contributed by atoms with van der Waals surface area (Å²) in [6, 6.07) is 7.41. The lowest BCUT2D eigenvalue weighted by atomic mass is 9.89. The first-order valence-corrected chi connectivity index (χ1v) is 7.15. The number of allylic oxidation sites excluding steroid dienone is 7. The van der Waals surface area contributed by atoms with Crippen molar-refractivity contribution in [1.82, 2.24) is 0 Å². The summed E-state index contributed by atoms with van der Waals surface area (Å²) in [5, 5.41) is 9.48. The van der Waals surface area contributed by atoms with Gasteiger partial charge in [0.2, 0.25) is 0 Å². The second-order valence-electron chi connectivity index (χ2n) is 4.58. The zero-order chi connectivity index (χ0) is 15.0. The number of aromatic hydroxyl groups is 1. The van der Waals surface area contributed by atoms with Crippen molar-refractivity contribution in [3.63, 3.8) is 0 Å². The molecule has 1 N–H and O–H groups in total. The second kappa shape index (κ2) is 8.21. The minimum Gasteiger partial charge on any atom is -0.508 e. The van der Waals surface area contributed by atoms with E-state index < -0.39 is 0 Å². The fourth-order valence-corrected chi connectivity index (χ4v) is 2.30. The Hall–Kier alpha value is -2.02. The van der Waals surface area contributed by atoms with Crippen molar-refractivity contribution in [1.29, 1.82) is 0 Å². The molecule has 1 nitrogen and oxygen atoms in total. The van der Waals surface area contributed by atoms with Crippen LogP contribution in [0.4, 0.5) is 0 Å². The van der Waals surface area contributed by atoms with Crippen LogP contribution in [0, 0.1) is 0 Å². The van der Waals surface area contributed by atoms with Gasteiger partial charge in [0.15, 0.2) is 0 Å². The van der Waals surface area contributed by atoms with Crippen LogP contribution in [0.3, 0.4) is 0 Å². The largest absolute Gasteiger partial charge is 0.508 e. The number of rotatable bonds is 6. The molecule has 1 aromatic rings. The molecule has 0 aromatic heterocycles. The van der Waals surface area contributed by atoms with Crippen LogP contribution in [0.5, 0.6) is 5.75 Å². The lowest BCUT2D eigenvalue weighted by Crippen LogP contribution is -1.94. The van der Waals surface area contributed by atoms with Gasteiger partial charge in [0.1, 0.15) is 5.75 Å². The maximum absolute atomic E-state index is 9.48. The Balaban J connectivity index is 3.52. The van der Waals surface area contributed by atoms with Crippen molar-refractivity contribution >= 4 is 5.57 Å². The maximum Gasteiger partial charge on any atom is 0.115 e. The van der Waals surface area contributed by atoms with E-state index in [1.807, 2.05) is 25.1 Å². The lowest BCUT2D eigenvalue weighted by molar-refractivity contribution is 0.475. The Morgan fingerprint density at radius 1 is 1.15 bits per heavy atom. The van der Waals surface area contributed by atoms with Gasteiger partial charge in [0.25, 0.3) is 0 Å². The van der Waals surface area contributed by atoms with Gasteiger partial charge in [-0.1, -0.05) is 56.9 Å². The van der Waals surface area contributed by atoms with Crippen LogP contribution in [-0.4, -0.2) is 5.11 Å². The van der Waals surface area contributed by atoms with Crippen molar-refractivity contribution in [3.8, 4) is 5.75 Å². The van der Waals surface area contributed by atoms with Crippen LogP contribution in [0.2, 0.25) is 0 Å². The van der Waals surface area contributed by atoms with E-state index >= 15 is 0 Å². The van der Waals surface area contributed by atoms with Gasteiger partial charge in [0, 0.05) is 0 Å². The summed E-state index contributed by atoms with van der Waals surface area (Å²) < 4.78 is 0. The molecule has 0 bridgehead atoms. The Morgan fingerprint density at radius 3 is 2.25 bits per heavy atom. The van der Waals surface area contributed by atoms with Gasteiger partial charge in [-0.15, -0.1) is 0 Å². The number of phenols is 1. The minimum atomic E-state index is 0.294. The third kappa shape index (κ3) is 3.99. The molecule has 0 aliphatic heterocycles. The molecule has 0 aliphatic carbocycles. The average molecular weight is 268 g/mol. The van der Waals surface area contributed by atoms with Crippen LogP contribution in [0.25, 0.3) is 5.57 Å². The maximum atomic E-state index is 9.48. The van der Waals surface area contributed by atoms with Crippen LogP contribution >= 0.6 is 0 Å². The summed E-state index contributed by atoms with van der Waals surface area (Å²) in [6.07, 6.45) is 10.1. The van der Waals surface area contributed by atoms with E-state index in [1.165, 1.54) is 16.7 Å². The second-order valence-corrected chi connectivity index (χ2v) is 4.58. The van der Waals surface area contributed by atoms with Gasteiger partial charge in [0.05, 0.1) is 0 Å². The molecule has 0 fully saturated rings. The first kappa shape index (κ1) is 16.0. The summed E-state index contributed by atoms with van der Waals surface area (Å²) in [5.74, 6) is 0.294. The highest BCUT2D eigenvalue weighted by atomic mass is 16.3. The van der Waals surface area contributed by atoms with Gasteiger partial charge in [-0.3, -0.25) is 0 Å². The zero-order valence-electron chi connectivity index (χ0n) is 12.7. The monoisotopic (exact) mass is 268 g/mol. The molecule has 0 atom stereocenters. The molecular weight excluding hydrogens is 244 g/mol. The topological polar surface area (TPSA) is 20.2 Å². The molecule has 1 rings (SSSR count). The lowest BCUT2D eigenvalue weighted by Gasteiger charge is -2.15. The third-order valence-electron chi connectivity index (χ3n) is 3.25. The van der Waals surface area contributed by atoms with Crippen molar-refractivity contribution in [2.45, 2.75) is 33.6 Å². The van der Waals surface area contributed by atoms with E-state index in [0.29, 0.717) is 5.75 Å². The molecule has 0 spiro atoms. The van der Waals surface area contributed by atoms with E-state index in [9.17, 15) is 5.11 Å². The van der Waals surface area contributed by atoms with Crippen LogP contribution in [0.1, 0.15) is 39.2 Å². The van der Waals surface area contributed by atoms with Gasteiger partial charge in [-0.2, -0.15) is 0 Å². The molecule has 0 radical (unpaired) electrons. The van der Waals surface area contributed by atoms with Gasteiger partial charge in [-0.05, 0) is 54.2 Å². The van der Waals surface area contributed by atoms with Gasteiger partial charge < -0.3 is 5.11 Å². The first-order chi connectivity index (χ1) is 9.67. The highest BCUT2D eigenvalue weighted by molar-refractivity contribution is 5.83. The number of benzene rings is 1. The molecule has 1 heteroatoms. The molecule has 0 amide bonds. The Labute approximate surface area is 122 Å². The number of hydrogen-bond acceptors (Lipinski definition) is 1. The molecular formula is C19H24O. The van der Waals surface area contributed by atoms with Crippen LogP contribution in [-0.2, 0) is 0 Å².